The van der Waals surface area contributed by atoms with E-state index in [1.165, 1.54) is 30.4 Å². The minimum absolute atomic E-state index is 0.199. The van der Waals surface area contributed by atoms with Crippen molar-refractivity contribution in [2.45, 2.75) is 51.5 Å². The number of hydrogen-bond acceptors (Lipinski definition) is 1. The summed E-state index contributed by atoms with van der Waals surface area (Å²) in [6.45, 7) is 6.88. The lowest BCUT2D eigenvalue weighted by Gasteiger charge is -2.28. The Morgan fingerprint density at radius 1 is 1.17 bits per heavy atom. The highest BCUT2D eigenvalue weighted by molar-refractivity contribution is 5.40. The van der Waals surface area contributed by atoms with Crippen LogP contribution in [0.5, 0.6) is 0 Å². The van der Waals surface area contributed by atoms with Gasteiger partial charge in [-0.15, -0.1) is 0 Å². The highest BCUT2D eigenvalue weighted by Gasteiger charge is 2.24. The number of likely N-dealkylation sites (N-methyl/N-ethyl adjacent to an activating group) is 1. The molecule has 1 aliphatic rings. The molecule has 1 unspecified atom stereocenters. The molecule has 0 aromatic heterocycles. The number of allylic oxidation sites excluding steroid dienone is 1. The van der Waals surface area contributed by atoms with E-state index in [1.807, 2.05) is 0 Å². The summed E-state index contributed by atoms with van der Waals surface area (Å²) >= 11 is 0. The second-order valence-electron chi connectivity index (χ2n) is 6.23. The lowest BCUT2D eigenvalue weighted by Crippen LogP contribution is -2.23. The summed E-state index contributed by atoms with van der Waals surface area (Å²) in [6.07, 6.45) is 6.21. The van der Waals surface area contributed by atoms with E-state index in [9.17, 15) is 0 Å². The van der Waals surface area contributed by atoms with E-state index in [2.05, 4.69) is 63.5 Å². The highest BCUT2D eigenvalue weighted by atomic mass is 14.9. The molecule has 0 amide bonds. The molecule has 0 saturated carbocycles. The molecule has 1 heteroatoms. The van der Waals surface area contributed by atoms with E-state index in [0.717, 1.165) is 0 Å². The van der Waals surface area contributed by atoms with Gasteiger partial charge in [-0.25, -0.2) is 0 Å². The molecule has 2 rings (SSSR count). The molecule has 0 spiro atoms. The maximum absolute atomic E-state index is 3.50. The SMILES string of the molecule is CNC(C1=CCCC1)c1ccccc1C(C)(C)C. The fourth-order valence-electron chi connectivity index (χ4n) is 2.93. The van der Waals surface area contributed by atoms with Crippen molar-refractivity contribution in [3.63, 3.8) is 0 Å². The summed E-state index contributed by atoms with van der Waals surface area (Å²) in [5.74, 6) is 0. The Morgan fingerprint density at radius 3 is 2.44 bits per heavy atom. The molecule has 98 valence electrons. The van der Waals surface area contributed by atoms with Crippen molar-refractivity contribution in [1.82, 2.24) is 5.32 Å². The van der Waals surface area contributed by atoms with Crippen molar-refractivity contribution >= 4 is 0 Å². The largest absolute Gasteiger partial charge is 0.310 e. The van der Waals surface area contributed by atoms with Crippen LogP contribution < -0.4 is 5.32 Å². The van der Waals surface area contributed by atoms with Gasteiger partial charge in [0.2, 0.25) is 0 Å². The summed E-state index contributed by atoms with van der Waals surface area (Å²) in [5, 5.41) is 3.50. The van der Waals surface area contributed by atoms with Gasteiger partial charge in [0.05, 0.1) is 6.04 Å². The van der Waals surface area contributed by atoms with Crippen LogP contribution in [0.1, 0.15) is 57.2 Å². The molecule has 18 heavy (non-hydrogen) atoms. The molecule has 1 atom stereocenters. The molecule has 0 bridgehead atoms. The van der Waals surface area contributed by atoms with Crippen LogP contribution in [-0.4, -0.2) is 7.05 Å². The maximum Gasteiger partial charge on any atom is 0.0536 e. The Bertz CT molecular complexity index is 437. The first-order valence-electron chi connectivity index (χ1n) is 6.99. The lowest BCUT2D eigenvalue weighted by atomic mass is 9.80. The Kier molecular flexibility index (Phi) is 3.91. The summed E-state index contributed by atoms with van der Waals surface area (Å²) in [6, 6.07) is 9.25. The van der Waals surface area contributed by atoms with E-state index in [1.54, 1.807) is 5.57 Å². The smallest absolute Gasteiger partial charge is 0.0536 e. The minimum atomic E-state index is 0.199. The summed E-state index contributed by atoms with van der Waals surface area (Å²) in [5.41, 5.74) is 4.66. The average Bonchev–Trinajstić information content (AvgIpc) is 2.83. The van der Waals surface area contributed by atoms with Crippen molar-refractivity contribution in [3.8, 4) is 0 Å². The molecule has 1 aliphatic carbocycles. The third-order valence-electron chi connectivity index (χ3n) is 3.82. The first kappa shape index (κ1) is 13.4. The van der Waals surface area contributed by atoms with Crippen molar-refractivity contribution in [3.05, 3.63) is 47.0 Å². The van der Waals surface area contributed by atoms with E-state index >= 15 is 0 Å². The molecular weight excluding hydrogens is 218 g/mol. The van der Waals surface area contributed by atoms with E-state index in [4.69, 9.17) is 0 Å². The number of rotatable bonds is 3. The predicted octanol–water partition coefficient (Wildman–Crippen LogP) is 4.35. The standard InChI is InChI=1S/C17H25N/c1-17(2,3)15-12-8-7-11-14(15)16(18-4)13-9-5-6-10-13/h7-9,11-12,16,18H,5-6,10H2,1-4H3. The fraction of sp³-hybridized carbons (Fsp3) is 0.529. The van der Waals surface area contributed by atoms with E-state index < -0.39 is 0 Å². The van der Waals surface area contributed by atoms with Crippen LogP contribution in [0.3, 0.4) is 0 Å². The zero-order valence-electron chi connectivity index (χ0n) is 12.1. The van der Waals surface area contributed by atoms with Gasteiger partial charge in [-0.3, -0.25) is 0 Å². The van der Waals surface area contributed by atoms with Crippen LogP contribution in [0.25, 0.3) is 0 Å². The Morgan fingerprint density at radius 2 is 1.89 bits per heavy atom. The summed E-state index contributed by atoms with van der Waals surface area (Å²) in [7, 11) is 2.07. The Balaban J connectivity index is 2.42. The van der Waals surface area contributed by atoms with Crippen LogP contribution in [-0.2, 0) is 5.41 Å². The Hall–Kier alpha value is -1.08. The molecule has 1 N–H and O–H groups in total. The van der Waals surface area contributed by atoms with Gasteiger partial charge in [0.25, 0.3) is 0 Å². The molecule has 0 heterocycles. The predicted molar refractivity (Wildman–Crippen MR) is 78.9 cm³/mol. The molecule has 0 radical (unpaired) electrons. The van der Waals surface area contributed by atoms with Gasteiger partial charge in [0, 0.05) is 0 Å². The van der Waals surface area contributed by atoms with Crippen LogP contribution >= 0.6 is 0 Å². The van der Waals surface area contributed by atoms with Crippen LogP contribution in [0.15, 0.2) is 35.9 Å². The van der Waals surface area contributed by atoms with Gasteiger partial charge in [-0.1, -0.05) is 56.7 Å². The molecular formula is C17H25N. The van der Waals surface area contributed by atoms with Crippen LogP contribution in [0.4, 0.5) is 0 Å². The van der Waals surface area contributed by atoms with E-state index in [-0.39, 0.29) is 5.41 Å². The van der Waals surface area contributed by atoms with Crippen molar-refractivity contribution in [1.29, 1.82) is 0 Å². The zero-order valence-corrected chi connectivity index (χ0v) is 12.1. The monoisotopic (exact) mass is 243 g/mol. The minimum Gasteiger partial charge on any atom is -0.310 e. The lowest BCUT2D eigenvalue weighted by molar-refractivity contribution is 0.561. The summed E-state index contributed by atoms with van der Waals surface area (Å²) < 4.78 is 0. The van der Waals surface area contributed by atoms with Gasteiger partial charge in [0.15, 0.2) is 0 Å². The van der Waals surface area contributed by atoms with Crippen LogP contribution in [0.2, 0.25) is 0 Å². The summed E-state index contributed by atoms with van der Waals surface area (Å²) in [4.78, 5) is 0. The molecule has 0 saturated heterocycles. The normalized spacial score (nSPS) is 17.7. The first-order chi connectivity index (χ1) is 8.54. The number of benzene rings is 1. The van der Waals surface area contributed by atoms with Crippen molar-refractivity contribution in [2.24, 2.45) is 0 Å². The third kappa shape index (κ3) is 2.67. The highest BCUT2D eigenvalue weighted by Crippen LogP contribution is 2.36. The topological polar surface area (TPSA) is 12.0 Å². The molecule has 1 nitrogen and oxygen atoms in total. The van der Waals surface area contributed by atoms with Crippen molar-refractivity contribution < 1.29 is 0 Å². The van der Waals surface area contributed by atoms with Gasteiger partial charge >= 0.3 is 0 Å². The third-order valence-corrected chi connectivity index (χ3v) is 3.82. The second kappa shape index (κ2) is 5.27. The van der Waals surface area contributed by atoms with Gasteiger partial charge in [-0.2, -0.15) is 0 Å². The van der Waals surface area contributed by atoms with Gasteiger partial charge in [-0.05, 0) is 42.9 Å². The zero-order chi connectivity index (χ0) is 13.2. The molecule has 1 aromatic rings. The molecule has 0 fully saturated rings. The number of nitrogens with one attached hydrogen (secondary N) is 1. The second-order valence-corrected chi connectivity index (χ2v) is 6.23. The fourth-order valence-corrected chi connectivity index (χ4v) is 2.93. The first-order valence-corrected chi connectivity index (χ1v) is 6.99. The van der Waals surface area contributed by atoms with E-state index in [0.29, 0.717) is 6.04 Å². The van der Waals surface area contributed by atoms with Crippen molar-refractivity contribution in [2.75, 3.05) is 7.05 Å². The maximum atomic E-state index is 3.50. The average molecular weight is 243 g/mol. The molecule has 0 aliphatic heterocycles. The van der Waals surface area contributed by atoms with Crippen LogP contribution in [0, 0.1) is 0 Å². The molecule has 1 aromatic carbocycles. The van der Waals surface area contributed by atoms with Gasteiger partial charge in [0.1, 0.15) is 0 Å². The number of hydrogen-bond donors (Lipinski definition) is 1. The quantitative estimate of drug-likeness (QED) is 0.778. The van der Waals surface area contributed by atoms with Gasteiger partial charge < -0.3 is 5.32 Å². The Labute approximate surface area is 111 Å².